The number of aromatic amines is 1. The molecule has 0 saturated carbocycles. The van der Waals surface area contributed by atoms with Gasteiger partial charge in [0.1, 0.15) is 5.82 Å². The first-order chi connectivity index (χ1) is 7.08. The second-order valence-corrected chi connectivity index (χ2v) is 3.53. The van der Waals surface area contributed by atoms with Crippen LogP contribution in [-0.2, 0) is 11.2 Å². The molecule has 0 fully saturated rings. The molecule has 0 amide bonds. The number of benzene rings is 1. The molecule has 3 nitrogen and oxygen atoms in total. The summed E-state index contributed by atoms with van der Waals surface area (Å²) < 4.78 is 13.1. The van der Waals surface area contributed by atoms with E-state index in [0.717, 1.165) is 11.1 Å². The van der Waals surface area contributed by atoms with Gasteiger partial charge in [0, 0.05) is 17.1 Å². The van der Waals surface area contributed by atoms with Gasteiger partial charge in [-0.05, 0) is 30.2 Å². The first-order valence-corrected chi connectivity index (χ1v) is 4.56. The maximum absolute atomic E-state index is 13.1. The Kier molecular flexibility index (Phi) is 2.19. The van der Waals surface area contributed by atoms with Crippen LogP contribution in [0.2, 0.25) is 0 Å². The molecule has 0 aliphatic carbocycles. The Bertz CT molecular complexity index is 531. The Balaban J connectivity index is 2.63. The molecule has 1 aromatic heterocycles. The summed E-state index contributed by atoms with van der Waals surface area (Å²) in [4.78, 5) is 13.5. The fourth-order valence-electron chi connectivity index (χ4n) is 1.73. The van der Waals surface area contributed by atoms with E-state index in [1.165, 1.54) is 12.1 Å². The fraction of sp³-hybridized carbons (Fsp3) is 0.182. The van der Waals surface area contributed by atoms with Crippen molar-refractivity contribution in [1.82, 2.24) is 4.98 Å². The van der Waals surface area contributed by atoms with Gasteiger partial charge in [0.2, 0.25) is 0 Å². The second-order valence-electron chi connectivity index (χ2n) is 3.53. The molecule has 0 aliphatic rings. The molecule has 0 radical (unpaired) electrons. The summed E-state index contributed by atoms with van der Waals surface area (Å²) in [5.74, 6) is -1.26. The van der Waals surface area contributed by atoms with Crippen molar-refractivity contribution in [3.8, 4) is 0 Å². The van der Waals surface area contributed by atoms with Gasteiger partial charge in [-0.1, -0.05) is 0 Å². The summed E-state index contributed by atoms with van der Waals surface area (Å²) in [6.45, 7) is 1.78. The minimum Gasteiger partial charge on any atom is -0.481 e. The highest BCUT2D eigenvalue weighted by Gasteiger charge is 2.10. The summed E-state index contributed by atoms with van der Waals surface area (Å²) in [5, 5.41) is 9.32. The Morgan fingerprint density at radius 3 is 2.93 bits per heavy atom. The van der Waals surface area contributed by atoms with Crippen LogP contribution in [0.15, 0.2) is 18.3 Å². The maximum atomic E-state index is 13.1. The summed E-state index contributed by atoms with van der Waals surface area (Å²) in [6, 6.07) is 2.78. The van der Waals surface area contributed by atoms with Crippen LogP contribution in [0, 0.1) is 12.7 Å². The highest BCUT2D eigenvalue weighted by Crippen LogP contribution is 2.23. The number of fused-ring (bicyclic) bond motifs is 1. The van der Waals surface area contributed by atoms with E-state index in [4.69, 9.17) is 5.11 Å². The van der Waals surface area contributed by atoms with Crippen LogP contribution in [0.25, 0.3) is 10.9 Å². The SMILES string of the molecule is Cc1cc(F)cc2c(CC(=O)O)c[nH]c12. The van der Waals surface area contributed by atoms with E-state index in [2.05, 4.69) is 4.98 Å². The molecule has 0 spiro atoms. The summed E-state index contributed by atoms with van der Waals surface area (Å²) in [7, 11) is 0. The molecule has 0 saturated heterocycles. The number of rotatable bonds is 2. The van der Waals surface area contributed by atoms with Crippen LogP contribution in [0.4, 0.5) is 4.39 Å². The van der Waals surface area contributed by atoms with Crippen molar-refractivity contribution >= 4 is 16.9 Å². The normalized spacial score (nSPS) is 10.8. The number of carboxylic acid groups (broad SMARTS) is 1. The van der Waals surface area contributed by atoms with Crippen molar-refractivity contribution in [2.75, 3.05) is 0 Å². The number of hydrogen-bond acceptors (Lipinski definition) is 1. The standard InChI is InChI=1S/C11H10FNO2/c1-6-2-8(12)4-9-7(3-10(14)15)5-13-11(6)9/h2,4-5,13H,3H2,1H3,(H,14,15). The zero-order valence-electron chi connectivity index (χ0n) is 8.17. The second kappa shape index (κ2) is 3.38. The highest BCUT2D eigenvalue weighted by molar-refractivity contribution is 5.88. The molecular weight excluding hydrogens is 197 g/mol. The van der Waals surface area contributed by atoms with Gasteiger partial charge in [0.25, 0.3) is 0 Å². The topological polar surface area (TPSA) is 53.1 Å². The minimum absolute atomic E-state index is 0.0944. The third-order valence-corrected chi connectivity index (χ3v) is 2.38. The third kappa shape index (κ3) is 1.70. The van der Waals surface area contributed by atoms with Gasteiger partial charge in [0.05, 0.1) is 6.42 Å². The predicted octanol–water partition coefficient (Wildman–Crippen LogP) is 2.24. The first kappa shape index (κ1) is 9.71. The van der Waals surface area contributed by atoms with Gasteiger partial charge in [-0.3, -0.25) is 4.79 Å². The number of nitrogens with one attached hydrogen (secondary N) is 1. The Hall–Kier alpha value is -1.84. The van der Waals surface area contributed by atoms with Crippen molar-refractivity contribution in [1.29, 1.82) is 0 Å². The number of aliphatic carboxylic acids is 1. The zero-order valence-corrected chi connectivity index (χ0v) is 8.17. The average molecular weight is 207 g/mol. The van der Waals surface area contributed by atoms with E-state index >= 15 is 0 Å². The molecule has 0 atom stereocenters. The van der Waals surface area contributed by atoms with E-state index in [-0.39, 0.29) is 12.2 Å². The highest BCUT2D eigenvalue weighted by atomic mass is 19.1. The average Bonchev–Trinajstić information content (AvgIpc) is 2.48. The fourth-order valence-corrected chi connectivity index (χ4v) is 1.73. The smallest absolute Gasteiger partial charge is 0.307 e. The van der Waals surface area contributed by atoms with Crippen molar-refractivity contribution < 1.29 is 14.3 Å². The number of aromatic nitrogens is 1. The van der Waals surface area contributed by atoms with E-state index < -0.39 is 5.97 Å². The van der Waals surface area contributed by atoms with Crippen LogP contribution in [0.5, 0.6) is 0 Å². The first-order valence-electron chi connectivity index (χ1n) is 4.56. The van der Waals surface area contributed by atoms with Crippen LogP contribution in [0.3, 0.4) is 0 Å². The van der Waals surface area contributed by atoms with Gasteiger partial charge in [0.15, 0.2) is 0 Å². The lowest BCUT2D eigenvalue weighted by atomic mass is 10.1. The molecule has 78 valence electrons. The van der Waals surface area contributed by atoms with Crippen LogP contribution >= 0.6 is 0 Å². The molecule has 15 heavy (non-hydrogen) atoms. The molecular formula is C11H10FNO2. The third-order valence-electron chi connectivity index (χ3n) is 2.38. The molecule has 4 heteroatoms. The lowest BCUT2D eigenvalue weighted by molar-refractivity contribution is -0.136. The Labute approximate surface area is 85.5 Å². The van der Waals surface area contributed by atoms with E-state index in [1.807, 2.05) is 0 Å². The maximum Gasteiger partial charge on any atom is 0.307 e. The molecule has 1 aromatic carbocycles. The van der Waals surface area contributed by atoms with Crippen molar-refractivity contribution in [2.24, 2.45) is 0 Å². The summed E-state index contributed by atoms with van der Waals surface area (Å²) in [5.41, 5.74) is 2.19. The van der Waals surface area contributed by atoms with Gasteiger partial charge < -0.3 is 10.1 Å². The van der Waals surface area contributed by atoms with Crippen molar-refractivity contribution in [3.63, 3.8) is 0 Å². The Morgan fingerprint density at radius 1 is 1.53 bits per heavy atom. The number of aryl methyl sites for hydroxylation is 1. The summed E-state index contributed by atoms with van der Waals surface area (Å²) >= 11 is 0. The van der Waals surface area contributed by atoms with Crippen molar-refractivity contribution in [3.05, 3.63) is 35.3 Å². The summed E-state index contributed by atoms with van der Waals surface area (Å²) in [6.07, 6.45) is 1.52. The van der Waals surface area contributed by atoms with Crippen LogP contribution < -0.4 is 0 Å². The number of H-pyrrole nitrogens is 1. The molecule has 2 rings (SSSR count). The van der Waals surface area contributed by atoms with E-state index in [1.54, 1.807) is 13.1 Å². The number of halogens is 1. The molecule has 2 N–H and O–H groups in total. The number of carbonyl (C=O) groups is 1. The van der Waals surface area contributed by atoms with Gasteiger partial charge in [-0.25, -0.2) is 4.39 Å². The molecule has 0 unspecified atom stereocenters. The quantitative estimate of drug-likeness (QED) is 0.793. The van der Waals surface area contributed by atoms with E-state index in [9.17, 15) is 9.18 Å². The minimum atomic E-state index is -0.919. The van der Waals surface area contributed by atoms with Crippen molar-refractivity contribution in [2.45, 2.75) is 13.3 Å². The van der Waals surface area contributed by atoms with Crippen LogP contribution in [-0.4, -0.2) is 16.1 Å². The van der Waals surface area contributed by atoms with Gasteiger partial charge in [-0.15, -0.1) is 0 Å². The molecule has 0 bridgehead atoms. The molecule has 2 aromatic rings. The lowest BCUT2D eigenvalue weighted by Gasteiger charge is -1.98. The van der Waals surface area contributed by atoms with Gasteiger partial charge >= 0.3 is 5.97 Å². The van der Waals surface area contributed by atoms with E-state index in [0.29, 0.717) is 10.9 Å². The van der Waals surface area contributed by atoms with Gasteiger partial charge in [-0.2, -0.15) is 0 Å². The monoisotopic (exact) mass is 207 g/mol. The Morgan fingerprint density at radius 2 is 2.27 bits per heavy atom. The van der Waals surface area contributed by atoms with Crippen LogP contribution in [0.1, 0.15) is 11.1 Å². The molecule has 1 heterocycles. The molecule has 0 aliphatic heterocycles. The number of carboxylic acids is 1. The number of hydrogen-bond donors (Lipinski definition) is 2. The largest absolute Gasteiger partial charge is 0.481 e. The lowest BCUT2D eigenvalue weighted by Crippen LogP contribution is -1.98. The zero-order chi connectivity index (χ0) is 11.0. The predicted molar refractivity (Wildman–Crippen MR) is 54.3 cm³/mol.